The molecule has 0 aliphatic rings. The lowest BCUT2D eigenvalue weighted by Crippen LogP contribution is -1.84. The van der Waals surface area contributed by atoms with Gasteiger partial charge in [0.2, 0.25) is 0 Å². The minimum Gasteiger partial charge on any atom is -0.396 e. The molecule has 0 spiro atoms. The molecule has 0 aliphatic carbocycles. The third kappa shape index (κ3) is 31.9. The van der Waals surface area contributed by atoms with Gasteiger partial charge < -0.3 is 5.11 Å². The van der Waals surface area contributed by atoms with Crippen molar-refractivity contribution in [2.45, 2.75) is 136 Å². The molecule has 0 amide bonds. The first-order chi connectivity index (χ1) is 12.3. The van der Waals surface area contributed by atoms with Gasteiger partial charge in [-0.2, -0.15) is 0 Å². The quantitative estimate of drug-likeness (QED) is 0.182. The van der Waals surface area contributed by atoms with Crippen LogP contribution >= 0.6 is 0 Å². The van der Waals surface area contributed by atoms with Gasteiger partial charge in [0.1, 0.15) is 0 Å². The monoisotopic (exact) mass is 354 g/mol. The van der Waals surface area contributed by atoms with Gasteiger partial charge >= 0.3 is 0 Å². The summed E-state index contributed by atoms with van der Waals surface area (Å²) >= 11 is 0. The average Bonchev–Trinajstić information content (AvgIpc) is 2.63. The van der Waals surface area contributed by atoms with E-state index in [1.807, 2.05) is 6.08 Å². The Labute approximate surface area is 160 Å². The number of aliphatic hydroxyl groups is 1. The molecular formula is C24H50O. The van der Waals surface area contributed by atoms with Gasteiger partial charge in [-0.1, -0.05) is 123 Å². The van der Waals surface area contributed by atoms with E-state index in [0.717, 1.165) is 6.42 Å². The highest BCUT2D eigenvalue weighted by Gasteiger charge is 1.91. The minimum atomic E-state index is 0.372. The zero-order chi connectivity index (χ0) is 18.8. The Kier molecular flexibility index (Phi) is 30.7. The van der Waals surface area contributed by atoms with Gasteiger partial charge in [-0.25, -0.2) is 0 Å². The van der Waals surface area contributed by atoms with Crippen LogP contribution in [0.2, 0.25) is 0 Å². The van der Waals surface area contributed by atoms with Gasteiger partial charge in [-0.3, -0.25) is 0 Å². The van der Waals surface area contributed by atoms with Crippen molar-refractivity contribution in [2.75, 3.05) is 6.61 Å². The fourth-order valence-corrected chi connectivity index (χ4v) is 3.02. The van der Waals surface area contributed by atoms with Gasteiger partial charge in [0.25, 0.3) is 0 Å². The Hall–Kier alpha value is -0.300. The maximum absolute atomic E-state index is 8.57. The molecule has 1 nitrogen and oxygen atoms in total. The number of hydrogen-bond donors (Lipinski definition) is 1. The van der Waals surface area contributed by atoms with E-state index >= 15 is 0 Å². The standard InChI is InChI=1S/C12H26O.C12H24/c1-2-3-4-5-6-7-8-9-10-11-12-13;1-3-5-7-9-11-12-10-8-6-4-2/h13H,2-12H2,1H3;3H,1,4-12H2,2H3. The maximum atomic E-state index is 8.57. The van der Waals surface area contributed by atoms with Crippen LogP contribution in [-0.2, 0) is 0 Å². The average molecular weight is 355 g/mol. The molecule has 25 heavy (non-hydrogen) atoms. The molecule has 0 aromatic rings. The number of aliphatic hydroxyl groups excluding tert-OH is 1. The molecule has 0 unspecified atom stereocenters. The third-order valence-corrected chi connectivity index (χ3v) is 4.77. The van der Waals surface area contributed by atoms with Crippen molar-refractivity contribution in [2.24, 2.45) is 0 Å². The van der Waals surface area contributed by atoms with Crippen LogP contribution in [-0.4, -0.2) is 11.7 Å². The summed E-state index contributed by atoms with van der Waals surface area (Å²) in [4.78, 5) is 0. The van der Waals surface area contributed by atoms with E-state index in [0.29, 0.717) is 6.61 Å². The van der Waals surface area contributed by atoms with Crippen molar-refractivity contribution in [1.29, 1.82) is 0 Å². The summed E-state index contributed by atoms with van der Waals surface area (Å²) in [6.07, 6.45) is 27.8. The third-order valence-electron chi connectivity index (χ3n) is 4.77. The molecule has 0 radical (unpaired) electrons. The van der Waals surface area contributed by atoms with Crippen LogP contribution in [0.25, 0.3) is 0 Å². The SMILES string of the molecule is C=CCCCCCCCCCC.CCCCCCCCCCCCO. The normalized spacial score (nSPS) is 10.4. The first kappa shape index (κ1) is 26.9. The lowest BCUT2D eigenvalue weighted by molar-refractivity contribution is 0.282. The minimum absolute atomic E-state index is 0.372. The Balaban J connectivity index is 0. The van der Waals surface area contributed by atoms with Crippen molar-refractivity contribution in [3.8, 4) is 0 Å². The number of allylic oxidation sites excluding steroid dienone is 1. The highest BCUT2D eigenvalue weighted by atomic mass is 16.2. The summed E-state index contributed by atoms with van der Waals surface area (Å²) in [6, 6.07) is 0. The Morgan fingerprint density at radius 2 is 0.840 bits per heavy atom. The molecule has 0 atom stereocenters. The fourth-order valence-electron chi connectivity index (χ4n) is 3.02. The predicted octanol–water partition coefficient (Wildman–Crippen LogP) is 8.60. The molecule has 0 saturated carbocycles. The molecule has 0 aromatic heterocycles. The molecule has 0 fully saturated rings. The highest BCUT2D eigenvalue weighted by Crippen LogP contribution is 2.10. The van der Waals surface area contributed by atoms with Gasteiger partial charge in [-0.15, -0.1) is 6.58 Å². The van der Waals surface area contributed by atoms with Crippen LogP contribution in [0.5, 0.6) is 0 Å². The van der Waals surface area contributed by atoms with Crippen LogP contribution in [0.3, 0.4) is 0 Å². The van der Waals surface area contributed by atoms with Gasteiger partial charge in [-0.05, 0) is 19.3 Å². The summed E-state index contributed by atoms with van der Waals surface area (Å²) in [7, 11) is 0. The zero-order valence-corrected chi connectivity index (χ0v) is 17.9. The summed E-state index contributed by atoms with van der Waals surface area (Å²) in [5.41, 5.74) is 0. The summed E-state index contributed by atoms with van der Waals surface area (Å²) in [5, 5.41) is 8.57. The first-order valence-corrected chi connectivity index (χ1v) is 11.5. The van der Waals surface area contributed by atoms with E-state index in [4.69, 9.17) is 5.11 Å². The van der Waals surface area contributed by atoms with Crippen LogP contribution in [0, 0.1) is 0 Å². The second kappa shape index (κ2) is 28.5. The molecule has 0 rings (SSSR count). The van der Waals surface area contributed by atoms with Crippen LogP contribution < -0.4 is 0 Å². The predicted molar refractivity (Wildman–Crippen MR) is 116 cm³/mol. The Morgan fingerprint density at radius 1 is 0.520 bits per heavy atom. The Morgan fingerprint density at radius 3 is 1.16 bits per heavy atom. The van der Waals surface area contributed by atoms with E-state index < -0.39 is 0 Å². The molecule has 0 aliphatic heterocycles. The van der Waals surface area contributed by atoms with Crippen LogP contribution in [0.15, 0.2) is 12.7 Å². The van der Waals surface area contributed by atoms with Crippen molar-refractivity contribution >= 4 is 0 Å². The van der Waals surface area contributed by atoms with E-state index in [1.54, 1.807) is 0 Å². The van der Waals surface area contributed by atoms with E-state index in [-0.39, 0.29) is 0 Å². The lowest BCUT2D eigenvalue weighted by Gasteiger charge is -2.00. The molecule has 152 valence electrons. The van der Waals surface area contributed by atoms with Gasteiger partial charge in [0.15, 0.2) is 0 Å². The van der Waals surface area contributed by atoms with Crippen molar-refractivity contribution < 1.29 is 5.11 Å². The summed E-state index contributed by atoms with van der Waals surface area (Å²) in [6.45, 7) is 8.62. The van der Waals surface area contributed by atoms with Gasteiger partial charge in [0, 0.05) is 6.61 Å². The van der Waals surface area contributed by atoms with E-state index in [9.17, 15) is 0 Å². The van der Waals surface area contributed by atoms with Crippen molar-refractivity contribution in [3.63, 3.8) is 0 Å². The van der Waals surface area contributed by atoms with E-state index in [2.05, 4.69) is 20.4 Å². The summed E-state index contributed by atoms with van der Waals surface area (Å²) < 4.78 is 0. The Bertz CT molecular complexity index is 202. The topological polar surface area (TPSA) is 20.2 Å². The van der Waals surface area contributed by atoms with Crippen molar-refractivity contribution in [3.05, 3.63) is 12.7 Å². The fraction of sp³-hybridized carbons (Fsp3) is 0.917. The van der Waals surface area contributed by atoms with Gasteiger partial charge in [0.05, 0.1) is 0 Å². The molecule has 1 heteroatoms. The van der Waals surface area contributed by atoms with Crippen molar-refractivity contribution in [1.82, 2.24) is 0 Å². The lowest BCUT2D eigenvalue weighted by atomic mass is 10.1. The second-order valence-corrected chi connectivity index (χ2v) is 7.46. The first-order valence-electron chi connectivity index (χ1n) is 11.5. The number of rotatable bonds is 19. The smallest absolute Gasteiger partial charge is 0.0431 e. The molecule has 0 aromatic carbocycles. The second-order valence-electron chi connectivity index (χ2n) is 7.46. The molecule has 0 saturated heterocycles. The van der Waals surface area contributed by atoms with Crippen LogP contribution in [0.1, 0.15) is 136 Å². The highest BCUT2D eigenvalue weighted by molar-refractivity contribution is 4.65. The zero-order valence-electron chi connectivity index (χ0n) is 17.9. The maximum Gasteiger partial charge on any atom is 0.0431 e. The largest absolute Gasteiger partial charge is 0.396 e. The molecular weight excluding hydrogens is 304 g/mol. The molecule has 0 bridgehead atoms. The van der Waals surface area contributed by atoms with Crippen LogP contribution in [0.4, 0.5) is 0 Å². The number of unbranched alkanes of at least 4 members (excludes halogenated alkanes) is 17. The molecule has 0 heterocycles. The summed E-state index contributed by atoms with van der Waals surface area (Å²) in [5.74, 6) is 0. The number of hydrogen-bond acceptors (Lipinski definition) is 1. The molecule has 1 N–H and O–H groups in total. The van der Waals surface area contributed by atoms with E-state index in [1.165, 1.54) is 116 Å².